The number of aryl methyl sites for hydroxylation is 1. The Bertz CT molecular complexity index is 1200. The Morgan fingerprint density at radius 2 is 1.79 bits per heavy atom. The normalized spacial score (nSPS) is 15.9. The Balaban J connectivity index is 1.26. The Hall–Kier alpha value is -3.52. The van der Waals surface area contributed by atoms with Crippen LogP contribution in [0.4, 0.5) is 11.5 Å². The number of hydrogen-bond donors (Lipinski definition) is 0. The zero-order chi connectivity index (χ0) is 23.7. The van der Waals surface area contributed by atoms with Crippen molar-refractivity contribution >= 4 is 34.9 Å². The number of ether oxygens (including phenoxy) is 1. The number of carbonyl (C=O) groups excluding carboxylic acids is 2. The number of rotatable bonds is 5. The van der Waals surface area contributed by atoms with E-state index < -0.39 is 0 Å². The van der Waals surface area contributed by atoms with E-state index in [2.05, 4.69) is 10.00 Å². The molecule has 2 aliphatic rings. The van der Waals surface area contributed by atoms with Gasteiger partial charge in [0.05, 0.1) is 19.3 Å². The topological polar surface area (TPSA) is 70.9 Å². The molecule has 0 aliphatic carbocycles. The van der Waals surface area contributed by atoms with Gasteiger partial charge < -0.3 is 14.5 Å². The van der Waals surface area contributed by atoms with Gasteiger partial charge in [0.15, 0.2) is 0 Å². The van der Waals surface area contributed by atoms with Crippen LogP contribution in [0.5, 0.6) is 5.75 Å². The quantitative estimate of drug-likeness (QED) is 0.561. The molecular weight excluding hydrogens is 454 g/mol. The second-order valence-electron chi connectivity index (χ2n) is 8.42. The second kappa shape index (κ2) is 9.38. The first-order valence-corrected chi connectivity index (χ1v) is 11.7. The summed E-state index contributed by atoms with van der Waals surface area (Å²) in [4.78, 5) is 31.5. The molecule has 1 aromatic heterocycles. The molecule has 0 N–H and O–H groups in total. The molecule has 0 radical (unpaired) electrons. The highest BCUT2D eigenvalue weighted by Crippen LogP contribution is 2.29. The number of carbonyl (C=O) groups is 2. The highest BCUT2D eigenvalue weighted by Gasteiger charge is 2.30. The lowest BCUT2D eigenvalue weighted by molar-refractivity contribution is -0.132. The first-order chi connectivity index (χ1) is 16.5. The minimum Gasteiger partial charge on any atom is -0.497 e. The standard InChI is InChI=1S/C25H26ClN5O3/c1-34-21-7-5-20(6-8-21)28-11-13-29(14-12-28)25(33)17-30-23-16-22(18-3-2-4-19(26)15-18)27-31(23)10-9-24(30)32/h2-8,15-16H,9-14,17H2,1H3. The van der Waals surface area contributed by atoms with Gasteiger partial charge in [0, 0.05) is 54.9 Å². The number of methoxy groups -OCH3 is 1. The summed E-state index contributed by atoms with van der Waals surface area (Å²) in [6.07, 6.45) is 0.322. The van der Waals surface area contributed by atoms with Gasteiger partial charge in [-0.25, -0.2) is 4.68 Å². The third-order valence-corrected chi connectivity index (χ3v) is 6.59. The van der Waals surface area contributed by atoms with E-state index in [0.717, 1.165) is 35.8 Å². The molecule has 3 aromatic rings. The van der Waals surface area contributed by atoms with Crippen molar-refractivity contribution in [3.8, 4) is 17.0 Å². The number of fused-ring (bicyclic) bond motifs is 1. The molecule has 34 heavy (non-hydrogen) atoms. The van der Waals surface area contributed by atoms with Crippen molar-refractivity contribution in [1.29, 1.82) is 0 Å². The van der Waals surface area contributed by atoms with Crippen LogP contribution < -0.4 is 14.5 Å². The first kappa shape index (κ1) is 22.3. The van der Waals surface area contributed by atoms with Gasteiger partial charge >= 0.3 is 0 Å². The van der Waals surface area contributed by atoms with Crippen LogP contribution in [0.1, 0.15) is 6.42 Å². The van der Waals surface area contributed by atoms with E-state index in [1.54, 1.807) is 16.7 Å². The monoisotopic (exact) mass is 479 g/mol. The Morgan fingerprint density at radius 3 is 2.50 bits per heavy atom. The first-order valence-electron chi connectivity index (χ1n) is 11.3. The lowest BCUT2D eigenvalue weighted by Crippen LogP contribution is -2.52. The molecule has 8 nitrogen and oxygen atoms in total. The maximum absolute atomic E-state index is 13.1. The average Bonchev–Trinajstić information content (AvgIpc) is 3.31. The fourth-order valence-corrected chi connectivity index (χ4v) is 4.64. The Labute approximate surface area is 203 Å². The molecule has 0 saturated carbocycles. The zero-order valence-electron chi connectivity index (χ0n) is 19.0. The molecule has 0 spiro atoms. The lowest BCUT2D eigenvalue weighted by atomic mass is 10.1. The van der Waals surface area contributed by atoms with Gasteiger partial charge in [0.1, 0.15) is 18.1 Å². The van der Waals surface area contributed by atoms with Gasteiger partial charge in [-0.3, -0.25) is 14.5 Å². The summed E-state index contributed by atoms with van der Waals surface area (Å²) in [7, 11) is 1.65. The summed E-state index contributed by atoms with van der Waals surface area (Å²) >= 11 is 6.13. The van der Waals surface area contributed by atoms with Crippen LogP contribution in [0.2, 0.25) is 5.02 Å². The zero-order valence-corrected chi connectivity index (χ0v) is 19.7. The molecule has 3 heterocycles. The van der Waals surface area contributed by atoms with Gasteiger partial charge in [0.2, 0.25) is 11.8 Å². The van der Waals surface area contributed by atoms with E-state index in [9.17, 15) is 9.59 Å². The third kappa shape index (κ3) is 4.46. The largest absolute Gasteiger partial charge is 0.497 e. The Morgan fingerprint density at radius 1 is 1.03 bits per heavy atom. The number of nitrogens with zero attached hydrogens (tertiary/aromatic N) is 5. The van der Waals surface area contributed by atoms with Gasteiger partial charge in [-0.2, -0.15) is 5.10 Å². The van der Waals surface area contributed by atoms with Crippen molar-refractivity contribution in [2.45, 2.75) is 13.0 Å². The average molecular weight is 480 g/mol. The highest BCUT2D eigenvalue weighted by atomic mass is 35.5. The van der Waals surface area contributed by atoms with Crippen LogP contribution in [0.3, 0.4) is 0 Å². The SMILES string of the molecule is COc1ccc(N2CCN(C(=O)CN3C(=O)CCn4nc(-c5cccc(Cl)c5)cc43)CC2)cc1. The fourth-order valence-electron chi connectivity index (χ4n) is 4.45. The predicted octanol–water partition coefficient (Wildman–Crippen LogP) is 3.30. The van der Waals surface area contributed by atoms with Crippen LogP contribution in [0, 0.1) is 0 Å². The number of halogens is 1. The molecule has 176 valence electrons. The molecule has 1 fully saturated rings. The highest BCUT2D eigenvalue weighted by molar-refractivity contribution is 6.30. The number of amides is 2. The molecular formula is C25H26ClN5O3. The summed E-state index contributed by atoms with van der Waals surface area (Å²) < 4.78 is 7.03. The van der Waals surface area contributed by atoms with Crippen molar-refractivity contribution in [3.63, 3.8) is 0 Å². The van der Waals surface area contributed by atoms with Crippen LogP contribution in [0.25, 0.3) is 11.3 Å². The van der Waals surface area contributed by atoms with Gasteiger partial charge in [-0.1, -0.05) is 23.7 Å². The van der Waals surface area contributed by atoms with Gasteiger partial charge in [-0.15, -0.1) is 0 Å². The summed E-state index contributed by atoms with van der Waals surface area (Å²) in [5, 5.41) is 5.27. The number of anilines is 2. The van der Waals surface area contributed by atoms with E-state index >= 15 is 0 Å². The molecule has 2 aromatic carbocycles. The van der Waals surface area contributed by atoms with E-state index in [1.165, 1.54) is 0 Å². The molecule has 2 amide bonds. The van der Waals surface area contributed by atoms with Crippen LogP contribution in [-0.2, 0) is 16.1 Å². The molecule has 0 bridgehead atoms. The molecule has 2 aliphatic heterocycles. The van der Waals surface area contributed by atoms with E-state index in [0.29, 0.717) is 36.9 Å². The minimum absolute atomic E-state index is 0.0159. The number of aromatic nitrogens is 2. The number of benzene rings is 2. The van der Waals surface area contributed by atoms with E-state index in [4.69, 9.17) is 16.3 Å². The summed E-state index contributed by atoms with van der Waals surface area (Å²) in [6.45, 7) is 3.22. The lowest BCUT2D eigenvalue weighted by Gasteiger charge is -2.37. The Kier molecular flexibility index (Phi) is 6.15. The van der Waals surface area contributed by atoms with Crippen molar-refractivity contribution in [3.05, 3.63) is 59.6 Å². The van der Waals surface area contributed by atoms with Crippen molar-refractivity contribution in [1.82, 2.24) is 14.7 Å². The second-order valence-corrected chi connectivity index (χ2v) is 8.85. The van der Waals surface area contributed by atoms with E-state index in [-0.39, 0.29) is 18.4 Å². The van der Waals surface area contributed by atoms with Crippen LogP contribution >= 0.6 is 11.6 Å². The summed E-state index contributed by atoms with van der Waals surface area (Å²) in [6, 6.07) is 17.2. The van der Waals surface area contributed by atoms with Crippen LogP contribution in [-0.4, -0.2) is 66.3 Å². The van der Waals surface area contributed by atoms with Crippen molar-refractivity contribution in [2.75, 3.05) is 49.6 Å². The van der Waals surface area contributed by atoms with Gasteiger partial charge in [0.25, 0.3) is 0 Å². The molecule has 1 saturated heterocycles. The molecule has 0 unspecified atom stereocenters. The number of hydrogen-bond acceptors (Lipinski definition) is 5. The molecule has 5 rings (SSSR count). The summed E-state index contributed by atoms with van der Waals surface area (Å²) in [5.41, 5.74) is 2.72. The summed E-state index contributed by atoms with van der Waals surface area (Å²) in [5.74, 6) is 1.36. The third-order valence-electron chi connectivity index (χ3n) is 6.36. The molecule has 9 heteroatoms. The fraction of sp³-hybridized carbons (Fsp3) is 0.320. The predicted molar refractivity (Wildman–Crippen MR) is 131 cm³/mol. The maximum atomic E-state index is 13.1. The number of piperazine rings is 1. The van der Waals surface area contributed by atoms with E-state index in [1.807, 2.05) is 59.5 Å². The minimum atomic E-state index is -0.0599. The van der Waals surface area contributed by atoms with Crippen LogP contribution in [0.15, 0.2) is 54.6 Å². The van der Waals surface area contributed by atoms with Crippen molar-refractivity contribution in [2.24, 2.45) is 0 Å². The smallest absolute Gasteiger partial charge is 0.242 e. The van der Waals surface area contributed by atoms with Crippen molar-refractivity contribution < 1.29 is 14.3 Å². The molecule has 0 atom stereocenters. The maximum Gasteiger partial charge on any atom is 0.242 e. The van der Waals surface area contributed by atoms with Gasteiger partial charge in [-0.05, 0) is 36.4 Å².